The molecule has 1 aliphatic heterocycles. The first-order chi connectivity index (χ1) is 13.4. The van der Waals surface area contributed by atoms with Crippen LogP contribution in [0.2, 0.25) is 0 Å². The topological polar surface area (TPSA) is 134 Å². The molecule has 0 saturated heterocycles. The van der Waals surface area contributed by atoms with Crippen molar-refractivity contribution >= 4 is 50.0 Å². The van der Waals surface area contributed by atoms with Crippen LogP contribution in [-0.2, 0) is 16.0 Å². The predicted molar refractivity (Wildman–Crippen MR) is 102 cm³/mol. The summed E-state index contributed by atoms with van der Waals surface area (Å²) in [5.41, 5.74) is 1.80. The van der Waals surface area contributed by atoms with Gasteiger partial charge in [-0.25, -0.2) is 4.79 Å². The van der Waals surface area contributed by atoms with E-state index in [1.807, 2.05) is 24.3 Å². The standard InChI is InChI=1S/C20H20O8.Ca/c21-9-14(22)18(24)19(25)15(23)10-27-20(26)12-5-3-7-17-13(12)8-11-4-1-2-6-16(11)28-17;/h1-7,9,14-15,18-19,22-25H,8,10H2;/t14-,15+,18+,19+;/m0./s1. The maximum absolute atomic E-state index is 12.5. The molecule has 4 N–H and O–H groups in total. The Labute approximate surface area is 196 Å². The first kappa shape index (κ1) is 23.8. The molecule has 0 bridgehead atoms. The van der Waals surface area contributed by atoms with Gasteiger partial charge in [-0.3, -0.25) is 0 Å². The molecule has 8 nitrogen and oxygen atoms in total. The molecule has 2 aromatic carbocycles. The number of para-hydroxylation sites is 1. The van der Waals surface area contributed by atoms with E-state index in [0.29, 0.717) is 23.5 Å². The predicted octanol–water partition coefficient (Wildman–Crippen LogP) is -0.198. The molecule has 1 heterocycles. The minimum Gasteiger partial charge on any atom is -0.459 e. The van der Waals surface area contributed by atoms with Crippen molar-refractivity contribution in [3.05, 3.63) is 59.2 Å². The van der Waals surface area contributed by atoms with Crippen LogP contribution in [-0.4, -0.2) is 101 Å². The number of esters is 1. The van der Waals surface area contributed by atoms with Gasteiger partial charge in [-0.1, -0.05) is 24.3 Å². The number of hydrogen-bond donors (Lipinski definition) is 4. The molecule has 9 heteroatoms. The van der Waals surface area contributed by atoms with Gasteiger partial charge in [-0.05, 0) is 23.8 Å². The van der Waals surface area contributed by atoms with Crippen molar-refractivity contribution in [1.29, 1.82) is 0 Å². The number of fused-ring (bicyclic) bond motifs is 2. The van der Waals surface area contributed by atoms with Gasteiger partial charge < -0.3 is 34.7 Å². The van der Waals surface area contributed by atoms with E-state index in [2.05, 4.69) is 0 Å². The molecular weight excluding hydrogens is 408 g/mol. The van der Waals surface area contributed by atoms with Crippen LogP contribution in [0.5, 0.6) is 11.5 Å². The maximum Gasteiger partial charge on any atom is 0.338 e. The first-order valence-corrected chi connectivity index (χ1v) is 8.64. The zero-order valence-electron chi connectivity index (χ0n) is 15.5. The molecular formula is C20H20CaO8. The van der Waals surface area contributed by atoms with Crippen molar-refractivity contribution in [3.8, 4) is 11.5 Å². The third-order valence-electron chi connectivity index (χ3n) is 4.53. The molecule has 2 radical (unpaired) electrons. The van der Waals surface area contributed by atoms with Gasteiger partial charge in [0, 0.05) is 49.7 Å². The second-order valence-corrected chi connectivity index (χ2v) is 6.44. The van der Waals surface area contributed by atoms with E-state index in [1.165, 1.54) is 0 Å². The van der Waals surface area contributed by atoms with Gasteiger partial charge in [-0.2, -0.15) is 0 Å². The number of aldehydes is 1. The molecule has 0 unspecified atom stereocenters. The minimum atomic E-state index is -1.90. The fourth-order valence-corrected chi connectivity index (χ4v) is 2.94. The second-order valence-electron chi connectivity index (χ2n) is 6.44. The Morgan fingerprint density at radius 2 is 1.72 bits per heavy atom. The molecule has 2 aromatic rings. The van der Waals surface area contributed by atoms with Crippen molar-refractivity contribution in [2.75, 3.05) is 6.61 Å². The second kappa shape index (κ2) is 10.5. The molecule has 0 saturated carbocycles. The maximum atomic E-state index is 12.5. The van der Waals surface area contributed by atoms with Crippen LogP contribution < -0.4 is 4.74 Å². The van der Waals surface area contributed by atoms with Gasteiger partial charge in [0.15, 0.2) is 6.29 Å². The number of aliphatic hydroxyl groups excluding tert-OH is 4. The van der Waals surface area contributed by atoms with E-state index in [1.54, 1.807) is 18.2 Å². The van der Waals surface area contributed by atoms with E-state index in [9.17, 15) is 30.0 Å². The van der Waals surface area contributed by atoms with Crippen molar-refractivity contribution < 1.29 is 39.5 Å². The van der Waals surface area contributed by atoms with Gasteiger partial charge in [0.25, 0.3) is 0 Å². The monoisotopic (exact) mass is 428 g/mol. The Bertz CT molecular complexity index is 871. The molecule has 29 heavy (non-hydrogen) atoms. The first-order valence-electron chi connectivity index (χ1n) is 8.64. The van der Waals surface area contributed by atoms with E-state index in [4.69, 9.17) is 9.47 Å². The Kier molecular flexibility index (Phi) is 8.59. The number of ether oxygens (including phenoxy) is 2. The van der Waals surface area contributed by atoms with Crippen LogP contribution in [0.1, 0.15) is 21.5 Å². The average molecular weight is 428 g/mol. The van der Waals surface area contributed by atoms with Crippen molar-refractivity contribution in [2.45, 2.75) is 30.8 Å². The summed E-state index contributed by atoms with van der Waals surface area (Å²) >= 11 is 0. The van der Waals surface area contributed by atoms with Crippen molar-refractivity contribution in [1.82, 2.24) is 0 Å². The summed E-state index contributed by atoms with van der Waals surface area (Å²) in [7, 11) is 0. The normalized spacial score (nSPS) is 16.0. The number of carbonyl (C=O) groups excluding carboxylic acids is 2. The molecule has 0 aliphatic carbocycles. The van der Waals surface area contributed by atoms with Crippen molar-refractivity contribution in [2.24, 2.45) is 0 Å². The Morgan fingerprint density at radius 3 is 2.45 bits per heavy atom. The largest absolute Gasteiger partial charge is 0.459 e. The van der Waals surface area contributed by atoms with Crippen LogP contribution in [0, 0.1) is 0 Å². The summed E-state index contributed by atoms with van der Waals surface area (Å²) in [6.07, 6.45) is -6.83. The molecule has 0 amide bonds. The van der Waals surface area contributed by atoms with Gasteiger partial charge >= 0.3 is 5.97 Å². The molecule has 0 aromatic heterocycles. The third-order valence-corrected chi connectivity index (χ3v) is 4.53. The molecule has 0 spiro atoms. The fourth-order valence-electron chi connectivity index (χ4n) is 2.94. The SMILES string of the molecule is O=C[C@H](O)[C@@H](O)[C@H](O)[C@H](O)COC(=O)c1cccc2c1Cc1ccccc1O2.[Ca]. The summed E-state index contributed by atoms with van der Waals surface area (Å²) in [5, 5.41) is 38.3. The Morgan fingerprint density at radius 1 is 1.03 bits per heavy atom. The molecule has 3 rings (SSSR count). The fraction of sp³-hybridized carbons (Fsp3) is 0.300. The van der Waals surface area contributed by atoms with E-state index < -0.39 is 37.0 Å². The number of carbonyl (C=O) groups is 2. The smallest absolute Gasteiger partial charge is 0.338 e. The summed E-state index contributed by atoms with van der Waals surface area (Å²) in [6.45, 7) is -0.635. The Balaban J connectivity index is 0.00000300. The molecule has 0 fully saturated rings. The molecule has 4 atom stereocenters. The van der Waals surface area contributed by atoms with Crippen LogP contribution in [0.25, 0.3) is 0 Å². The quantitative estimate of drug-likeness (QED) is 0.231. The number of benzene rings is 2. The van der Waals surface area contributed by atoms with Crippen molar-refractivity contribution in [3.63, 3.8) is 0 Å². The Hall–Kier alpha value is -1.52. The van der Waals surface area contributed by atoms with Gasteiger partial charge in [0.2, 0.25) is 0 Å². The molecule has 1 aliphatic rings. The zero-order chi connectivity index (χ0) is 20.3. The summed E-state index contributed by atoms with van der Waals surface area (Å²) in [6, 6.07) is 12.4. The van der Waals surface area contributed by atoms with Gasteiger partial charge in [0.1, 0.15) is 42.5 Å². The number of hydrogen-bond acceptors (Lipinski definition) is 8. The summed E-state index contributed by atoms with van der Waals surface area (Å²) < 4.78 is 10.9. The number of aliphatic hydroxyl groups is 4. The summed E-state index contributed by atoms with van der Waals surface area (Å²) in [5.74, 6) is 0.497. The van der Waals surface area contributed by atoms with Crippen LogP contribution in [0.3, 0.4) is 0 Å². The van der Waals surface area contributed by atoms with Crippen LogP contribution in [0.15, 0.2) is 42.5 Å². The van der Waals surface area contributed by atoms with E-state index in [0.717, 1.165) is 5.56 Å². The average Bonchev–Trinajstić information content (AvgIpc) is 2.73. The summed E-state index contributed by atoms with van der Waals surface area (Å²) in [4.78, 5) is 22.9. The van der Waals surface area contributed by atoms with E-state index in [-0.39, 0.29) is 49.6 Å². The minimum absolute atomic E-state index is 0. The van der Waals surface area contributed by atoms with Gasteiger partial charge in [-0.15, -0.1) is 0 Å². The molecule has 150 valence electrons. The number of rotatable bonds is 7. The van der Waals surface area contributed by atoms with E-state index >= 15 is 0 Å². The zero-order valence-corrected chi connectivity index (χ0v) is 17.7. The third kappa shape index (κ3) is 5.35. The van der Waals surface area contributed by atoms with Crippen LogP contribution >= 0.6 is 0 Å². The van der Waals surface area contributed by atoms with Crippen LogP contribution in [0.4, 0.5) is 0 Å². The van der Waals surface area contributed by atoms with Gasteiger partial charge in [0.05, 0.1) is 5.56 Å².